The van der Waals surface area contributed by atoms with Crippen LogP contribution in [0.15, 0.2) is 40.1 Å². The number of hydrogen-bond acceptors (Lipinski definition) is 5. The molecule has 1 aliphatic carbocycles. The molecule has 1 amide bonds. The highest BCUT2D eigenvalue weighted by atomic mass is 19.4. The number of nitrogens with zero attached hydrogens (tertiary/aromatic N) is 3. The molecule has 0 spiro atoms. The molecule has 0 saturated heterocycles. The maximum atomic E-state index is 13.0. The van der Waals surface area contributed by atoms with Gasteiger partial charge in [0.05, 0.1) is 23.0 Å². The summed E-state index contributed by atoms with van der Waals surface area (Å²) in [5.74, 6) is -0.699. The smallest absolute Gasteiger partial charge is 0.383 e. The van der Waals surface area contributed by atoms with Gasteiger partial charge in [-0.1, -0.05) is 18.2 Å². The standard InChI is InChI=1S/C21H21F3N6O3/c1-29-17(25)16(19(32)30(20(29)33)10-11-5-6-11)27-18(31)14-9-26-28-15(14)8-12-3-2-4-13(7-12)21(22,23)24/h2-4,7,9,11H,5-6,8,10,25H2,1H3,(H,26,28)(H,27,31). The molecule has 0 radical (unpaired) electrons. The summed E-state index contributed by atoms with van der Waals surface area (Å²) in [7, 11) is 1.40. The molecule has 1 aliphatic rings. The second-order valence-corrected chi connectivity index (χ2v) is 8.05. The molecule has 3 aromatic rings. The zero-order chi connectivity index (χ0) is 23.9. The molecule has 0 bridgehead atoms. The summed E-state index contributed by atoms with van der Waals surface area (Å²) in [6.07, 6.45) is -1.49. The van der Waals surface area contributed by atoms with Crippen LogP contribution in [0.5, 0.6) is 0 Å². The zero-order valence-electron chi connectivity index (χ0n) is 17.6. The van der Waals surface area contributed by atoms with Gasteiger partial charge in [0, 0.05) is 20.0 Å². The number of hydrogen-bond donors (Lipinski definition) is 3. The van der Waals surface area contributed by atoms with Crippen molar-refractivity contribution >= 4 is 17.4 Å². The number of rotatable bonds is 6. The van der Waals surface area contributed by atoms with Gasteiger partial charge < -0.3 is 11.1 Å². The van der Waals surface area contributed by atoms with Gasteiger partial charge in [0.25, 0.3) is 11.5 Å². The average molecular weight is 462 g/mol. The molecule has 0 atom stereocenters. The van der Waals surface area contributed by atoms with Crippen LogP contribution in [0.3, 0.4) is 0 Å². The lowest BCUT2D eigenvalue weighted by Gasteiger charge is -2.14. The van der Waals surface area contributed by atoms with Crippen LogP contribution >= 0.6 is 0 Å². The van der Waals surface area contributed by atoms with E-state index in [1.54, 1.807) is 0 Å². The Balaban J connectivity index is 1.62. The quantitative estimate of drug-likeness (QED) is 0.517. The lowest BCUT2D eigenvalue weighted by Crippen LogP contribution is -2.42. The number of nitrogen functional groups attached to an aromatic ring is 1. The summed E-state index contributed by atoms with van der Waals surface area (Å²) in [6.45, 7) is 0.237. The number of aromatic amines is 1. The summed E-state index contributed by atoms with van der Waals surface area (Å²) in [5, 5.41) is 8.88. The van der Waals surface area contributed by atoms with Crippen LogP contribution in [-0.4, -0.2) is 25.2 Å². The number of amides is 1. The highest BCUT2D eigenvalue weighted by Crippen LogP contribution is 2.31. The maximum absolute atomic E-state index is 13.0. The third-order valence-corrected chi connectivity index (χ3v) is 5.57. The molecule has 1 fully saturated rings. The summed E-state index contributed by atoms with van der Waals surface area (Å²) < 4.78 is 41.1. The van der Waals surface area contributed by atoms with Gasteiger partial charge in [0.1, 0.15) is 11.5 Å². The first-order valence-corrected chi connectivity index (χ1v) is 10.1. The van der Waals surface area contributed by atoms with Gasteiger partial charge in [0.2, 0.25) is 0 Å². The van der Waals surface area contributed by atoms with Crippen LogP contribution in [-0.2, 0) is 26.2 Å². The molecular weight excluding hydrogens is 441 g/mol. The van der Waals surface area contributed by atoms with Crippen molar-refractivity contribution < 1.29 is 18.0 Å². The molecule has 1 aromatic carbocycles. The van der Waals surface area contributed by atoms with Gasteiger partial charge in [-0.05, 0) is 30.4 Å². The molecule has 4 N–H and O–H groups in total. The first-order valence-electron chi connectivity index (χ1n) is 10.1. The van der Waals surface area contributed by atoms with Crippen molar-refractivity contribution in [1.82, 2.24) is 19.3 Å². The third-order valence-electron chi connectivity index (χ3n) is 5.57. The Morgan fingerprint density at radius 1 is 1.30 bits per heavy atom. The number of carbonyl (C=O) groups is 1. The normalized spacial score (nSPS) is 13.8. The van der Waals surface area contributed by atoms with Gasteiger partial charge in [-0.25, -0.2) is 4.79 Å². The van der Waals surface area contributed by atoms with E-state index < -0.39 is 28.9 Å². The van der Waals surface area contributed by atoms with Crippen molar-refractivity contribution in [3.05, 3.63) is 73.7 Å². The van der Waals surface area contributed by atoms with E-state index in [2.05, 4.69) is 15.5 Å². The van der Waals surface area contributed by atoms with E-state index in [0.717, 1.165) is 34.1 Å². The highest BCUT2D eigenvalue weighted by Gasteiger charge is 2.30. The minimum absolute atomic E-state index is 0.0264. The number of H-pyrrole nitrogens is 1. The topological polar surface area (TPSA) is 128 Å². The third kappa shape index (κ3) is 4.54. The number of nitrogens with one attached hydrogen (secondary N) is 2. The van der Waals surface area contributed by atoms with Gasteiger partial charge >= 0.3 is 11.9 Å². The summed E-state index contributed by atoms with van der Waals surface area (Å²) in [4.78, 5) is 38.2. The molecule has 9 nitrogen and oxygen atoms in total. The van der Waals surface area contributed by atoms with Gasteiger partial charge in [-0.3, -0.25) is 23.8 Å². The first-order chi connectivity index (χ1) is 15.6. The summed E-state index contributed by atoms with van der Waals surface area (Å²) in [5.41, 5.74) is 4.21. The van der Waals surface area contributed by atoms with Crippen molar-refractivity contribution in [1.29, 1.82) is 0 Å². The SMILES string of the molecule is Cn1c(N)c(NC(=O)c2cn[nH]c2Cc2cccc(C(F)(F)F)c2)c(=O)n(CC2CC2)c1=O. The van der Waals surface area contributed by atoms with Crippen LogP contribution in [0.25, 0.3) is 0 Å². The fourth-order valence-corrected chi connectivity index (χ4v) is 3.51. The van der Waals surface area contributed by atoms with Gasteiger partial charge in [-0.2, -0.15) is 18.3 Å². The highest BCUT2D eigenvalue weighted by molar-refractivity contribution is 6.06. The van der Waals surface area contributed by atoms with E-state index >= 15 is 0 Å². The number of halogens is 3. The first kappa shape index (κ1) is 22.4. The minimum atomic E-state index is -4.49. The Labute approximate surface area is 185 Å². The Bertz CT molecular complexity index is 1330. The van der Waals surface area contributed by atoms with Crippen molar-refractivity contribution in [3.63, 3.8) is 0 Å². The van der Waals surface area contributed by atoms with E-state index in [-0.39, 0.29) is 41.6 Å². The zero-order valence-corrected chi connectivity index (χ0v) is 17.6. The molecule has 1 saturated carbocycles. The number of nitrogens with two attached hydrogens (primary N) is 1. The largest absolute Gasteiger partial charge is 0.416 e. The summed E-state index contributed by atoms with van der Waals surface area (Å²) in [6, 6.07) is 4.73. The molecule has 12 heteroatoms. The average Bonchev–Trinajstić information content (AvgIpc) is 3.48. The van der Waals surface area contributed by atoms with Gasteiger partial charge in [0.15, 0.2) is 0 Å². The van der Waals surface area contributed by atoms with Crippen molar-refractivity contribution in [3.8, 4) is 0 Å². The molecular formula is C21H21F3N6O3. The van der Waals surface area contributed by atoms with Crippen molar-refractivity contribution in [2.45, 2.75) is 32.0 Å². The number of anilines is 2. The van der Waals surface area contributed by atoms with Crippen molar-refractivity contribution in [2.75, 3.05) is 11.1 Å². The number of benzene rings is 1. The molecule has 2 aromatic heterocycles. The summed E-state index contributed by atoms with van der Waals surface area (Å²) >= 11 is 0. The maximum Gasteiger partial charge on any atom is 0.416 e. The van der Waals surface area contributed by atoms with Crippen LogP contribution in [0.2, 0.25) is 0 Å². The lowest BCUT2D eigenvalue weighted by molar-refractivity contribution is -0.137. The minimum Gasteiger partial charge on any atom is -0.383 e. The Morgan fingerprint density at radius 3 is 2.70 bits per heavy atom. The fourth-order valence-electron chi connectivity index (χ4n) is 3.51. The number of aromatic nitrogens is 4. The fraction of sp³-hybridized carbons (Fsp3) is 0.333. The van der Waals surface area contributed by atoms with E-state index in [1.807, 2.05) is 0 Å². The second-order valence-electron chi connectivity index (χ2n) is 8.05. The Kier molecular flexibility index (Phi) is 5.60. The van der Waals surface area contributed by atoms with E-state index in [4.69, 9.17) is 5.73 Å². The van der Waals surface area contributed by atoms with Crippen molar-refractivity contribution in [2.24, 2.45) is 13.0 Å². The molecule has 174 valence electrons. The van der Waals surface area contributed by atoms with Crippen LogP contribution in [0.1, 0.15) is 40.0 Å². The van der Waals surface area contributed by atoms with Crippen LogP contribution in [0, 0.1) is 5.92 Å². The van der Waals surface area contributed by atoms with Crippen LogP contribution < -0.4 is 22.3 Å². The Hall–Kier alpha value is -3.83. The number of alkyl halides is 3. The molecule has 4 rings (SSSR count). The predicted octanol–water partition coefficient (Wildman–Crippen LogP) is 2.12. The molecule has 0 aliphatic heterocycles. The lowest BCUT2D eigenvalue weighted by atomic mass is 10.0. The number of carbonyl (C=O) groups excluding carboxylic acids is 1. The van der Waals surface area contributed by atoms with Crippen LogP contribution in [0.4, 0.5) is 24.7 Å². The molecule has 0 unspecified atom stereocenters. The predicted molar refractivity (Wildman–Crippen MR) is 114 cm³/mol. The molecule has 33 heavy (non-hydrogen) atoms. The van der Waals surface area contributed by atoms with E-state index in [9.17, 15) is 27.6 Å². The van der Waals surface area contributed by atoms with E-state index in [1.165, 1.54) is 25.4 Å². The molecule has 2 heterocycles. The van der Waals surface area contributed by atoms with Gasteiger partial charge in [-0.15, -0.1) is 0 Å². The second kappa shape index (κ2) is 8.26. The monoisotopic (exact) mass is 462 g/mol. The van der Waals surface area contributed by atoms with E-state index in [0.29, 0.717) is 5.56 Å². The Morgan fingerprint density at radius 2 is 2.03 bits per heavy atom.